The predicted octanol–water partition coefficient (Wildman–Crippen LogP) is 2.98. The Morgan fingerprint density at radius 3 is 2.75 bits per heavy atom. The second-order valence-corrected chi connectivity index (χ2v) is 5.16. The number of aryl methyl sites for hydroxylation is 1. The summed E-state index contributed by atoms with van der Waals surface area (Å²) in [5, 5.41) is 4.06. The first-order valence-corrected chi connectivity index (χ1v) is 6.85. The van der Waals surface area contributed by atoms with Gasteiger partial charge in [-0.25, -0.2) is 4.98 Å². The highest BCUT2D eigenvalue weighted by molar-refractivity contribution is 6.30. The number of hydrogen-bond acceptors (Lipinski definition) is 3. The molecule has 20 heavy (non-hydrogen) atoms. The molecule has 3 aromatic rings. The molecule has 3 heterocycles. The number of rotatable bonds is 4. The highest BCUT2D eigenvalue weighted by Crippen LogP contribution is 2.11. The molecule has 0 aromatic carbocycles. The van der Waals surface area contributed by atoms with Gasteiger partial charge in [-0.15, -0.1) is 0 Å². The maximum atomic E-state index is 5.95. The Balaban J connectivity index is 1.65. The summed E-state index contributed by atoms with van der Waals surface area (Å²) in [6, 6.07) is 9.79. The molecule has 0 atom stereocenters. The largest absolute Gasteiger partial charge is 0.305 e. The molecule has 0 spiro atoms. The Morgan fingerprint density at radius 1 is 1.05 bits per heavy atom. The lowest BCUT2D eigenvalue weighted by molar-refractivity contribution is 0.668. The zero-order valence-corrected chi connectivity index (χ0v) is 11.9. The van der Waals surface area contributed by atoms with Crippen LogP contribution in [0.1, 0.15) is 17.1 Å². The second-order valence-electron chi connectivity index (χ2n) is 4.72. The molecule has 0 saturated carbocycles. The van der Waals surface area contributed by atoms with Crippen molar-refractivity contribution in [2.24, 2.45) is 0 Å². The smallest absolute Gasteiger partial charge is 0.137 e. The van der Waals surface area contributed by atoms with E-state index >= 15 is 0 Å². The van der Waals surface area contributed by atoms with Crippen molar-refractivity contribution in [1.82, 2.24) is 19.7 Å². The average molecular weight is 287 g/mol. The molecular formula is C15H15ClN4. The predicted molar refractivity (Wildman–Crippen MR) is 79.7 cm³/mol. The van der Waals surface area contributed by atoms with Crippen LogP contribution in [0.5, 0.6) is 0 Å². The minimum Gasteiger partial charge on any atom is -0.305 e. The molecule has 5 heteroatoms. The van der Waals surface area contributed by atoms with Crippen molar-refractivity contribution in [1.29, 1.82) is 0 Å². The van der Waals surface area contributed by atoms with Crippen molar-refractivity contribution in [3.8, 4) is 0 Å². The quantitative estimate of drug-likeness (QED) is 0.802. The number of pyridine rings is 2. The summed E-state index contributed by atoms with van der Waals surface area (Å²) in [6.07, 6.45) is 3.84. The molecule has 0 radical (unpaired) electrons. The van der Waals surface area contributed by atoms with Gasteiger partial charge in [-0.1, -0.05) is 17.7 Å². The van der Waals surface area contributed by atoms with Gasteiger partial charge < -0.3 is 9.72 Å². The number of hydrogen-bond donors (Lipinski definition) is 1. The van der Waals surface area contributed by atoms with Crippen molar-refractivity contribution in [2.45, 2.75) is 20.0 Å². The monoisotopic (exact) mass is 286 g/mol. The summed E-state index contributed by atoms with van der Waals surface area (Å²) in [7, 11) is 0. The van der Waals surface area contributed by atoms with Crippen LogP contribution in [0.25, 0.3) is 5.65 Å². The minimum absolute atomic E-state index is 0.703. The van der Waals surface area contributed by atoms with E-state index in [2.05, 4.69) is 15.3 Å². The highest BCUT2D eigenvalue weighted by atomic mass is 35.5. The molecule has 0 bridgehead atoms. The normalized spacial score (nSPS) is 11.1. The van der Waals surface area contributed by atoms with Crippen molar-refractivity contribution in [2.75, 3.05) is 0 Å². The second kappa shape index (κ2) is 5.61. The van der Waals surface area contributed by atoms with E-state index in [9.17, 15) is 0 Å². The van der Waals surface area contributed by atoms with Gasteiger partial charge in [0.05, 0.1) is 16.4 Å². The minimum atomic E-state index is 0.703. The first kappa shape index (κ1) is 13.1. The fourth-order valence-corrected chi connectivity index (χ4v) is 2.29. The molecule has 0 fully saturated rings. The maximum absolute atomic E-state index is 5.95. The first-order chi connectivity index (χ1) is 9.70. The van der Waals surface area contributed by atoms with E-state index in [0.29, 0.717) is 11.6 Å². The Morgan fingerprint density at radius 2 is 1.90 bits per heavy atom. The van der Waals surface area contributed by atoms with E-state index in [-0.39, 0.29) is 0 Å². The van der Waals surface area contributed by atoms with Gasteiger partial charge >= 0.3 is 0 Å². The summed E-state index contributed by atoms with van der Waals surface area (Å²) in [6.45, 7) is 3.43. The molecule has 3 aromatic heterocycles. The van der Waals surface area contributed by atoms with Crippen LogP contribution in [0.15, 0.2) is 42.7 Å². The number of aromatic nitrogens is 3. The Kier molecular flexibility index (Phi) is 3.67. The van der Waals surface area contributed by atoms with E-state index in [1.807, 2.05) is 54.0 Å². The van der Waals surface area contributed by atoms with E-state index in [0.717, 1.165) is 29.3 Å². The van der Waals surface area contributed by atoms with Crippen molar-refractivity contribution < 1.29 is 0 Å². The summed E-state index contributed by atoms with van der Waals surface area (Å²) in [5.41, 5.74) is 3.96. The van der Waals surface area contributed by atoms with E-state index in [1.54, 1.807) is 0 Å². The fourth-order valence-electron chi connectivity index (χ4n) is 2.12. The molecule has 0 aliphatic carbocycles. The van der Waals surface area contributed by atoms with Crippen LogP contribution in [0.4, 0.5) is 0 Å². The topological polar surface area (TPSA) is 42.2 Å². The molecule has 3 rings (SSSR count). The molecule has 0 aliphatic heterocycles. The molecule has 0 aliphatic rings. The van der Waals surface area contributed by atoms with Gasteiger partial charge in [0.2, 0.25) is 0 Å². The van der Waals surface area contributed by atoms with Crippen LogP contribution < -0.4 is 5.32 Å². The standard InChI is InChI=1S/C15H15ClN4/c1-11-3-2-4-13(18-11)7-17-8-14-10-20-9-12(16)5-6-15(20)19-14/h2-6,9-10,17H,7-8H2,1H3. The summed E-state index contributed by atoms with van der Waals surface area (Å²) >= 11 is 5.95. The highest BCUT2D eigenvalue weighted by Gasteiger charge is 2.02. The van der Waals surface area contributed by atoms with Crippen molar-refractivity contribution in [3.63, 3.8) is 0 Å². The zero-order chi connectivity index (χ0) is 13.9. The van der Waals surface area contributed by atoms with Crippen LogP contribution in [-0.4, -0.2) is 14.4 Å². The number of fused-ring (bicyclic) bond motifs is 1. The molecular weight excluding hydrogens is 272 g/mol. The maximum Gasteiger partial charge on any atom is 0.137 e. The average Bonchev–Trinajstić information content (AvgIpc) is 2.80. The number of halogens is 1. The van der Waals surface area contributed by atoms with E-state index < -0.39 is 0 Å². The van der Waals surface area contributed by atoms with Crippen LogP contribution in [0.3, 0.4) is 0 Å². The molecule has 102 valence electrons. The third-order valence-electron chi connectivity index (χ3n) is 3.02. The third kappa shape index (κ3) is 2.98. The Hall–Kier alpha value is -1.91. The molecule has 1 N–H and O–H groups in total. The molecule has 0 saturated heterocycles. The van der Waals surface area contributed by atoms with Gasteiger partial charge in [-0.3, -0.25) is 4.98 Å². The van der Waals surface area contributed by atoms with Gasteiger partial charge in [0.15, 0.2) is 0 Å². The number of nitrogens with zero attached hydrogens (tertiary/aromatic N) is 3. The van der Waals surface area contributed by atoms with E-state index in [4.69, 9.17) is 11.6 Å². The Labute approximate surface area is 122 Å². The first-order valence-electron chi connectivity index (χ1n) is 6.47. The molecule has 0 unspecified atom stereocenters. The third-order valence-corrected chi connectivity index (χ3v) is 3.25. The lowest BCUT2D eigenvalue weighted by Crippen LogP contribution is -2.14. The van der Waals surface area contributed by atoms with Gasteiger partial charge in [-0.2, -0.15) is 0 Å². The SMILES string of the molecule is Cc1cccc(CNCc2cn3cc(Cl)ccc3n2)n1. The molecule has 4 nitrogen and oxygen atoms in total. The van der Waals surface area contributed by atoms with Gasteiger partial charge in [0.25, 0.3) is 0 Å². The zero-order valence-electron chi connectivity index (χ0n) is 11.2. The summed E-state index contributed by atoms with van der Waals surface area (Å²) < 4.78 is 1.93. The number of imidazole rings is 1. The van der Waals surface area contributed by atoms with Crippen LogP contribution in [-0.2, 0) is 13.1 Å². The van der Waals surface area contributed by atoms with E-state index in [1.165, 1.54) is 0 Å². The molecule has 0 amide bonds. The van der Waals surface area contributed by atoms with Crippen LogP contribution in [0.2, 0.25) is 5.02 Å². The lowest BCUT2D eigenvalue weighted by atomic mass is 10.3. The van der Waals surface area contributed by atoms with Gasteiger partial charge in [0, 0.05) is 31.2 Å². The number of nitrogens with one attached hydrogen (secondary N) is 1. The van der Waals surface area contributed by atoms with Crippen molar-refractivity contribution in [3.05, 3.63) is 64.8 Å². The fraction of sp³-hybridized carbons (Fsp3) is 0.200. The van der Waals surface area contributed by atoms with Gasteiger partial charge in [0.1, 0.15) is 5.65 Å². The summed E-state index contributed by atoms with van der Waals surface area (Å²) in [5.74, 6) is 0. The van der Waals surface area contributed by atoms with Crippen molar-refractivity contribution >= 4 is 17.2 Å². The van der Waals surface area contributed by atoms with Crippen LogP contribution >= 0.6 is 11.6 Å². The lowest BCUT2D eigenvalue weighted by Gasteiger charge is -2.02. The Bertz CT molecular complexity index is 736. The van der Waals surface area contributed by atoms with Gasteiger partial charge in [-0.05, 0) is 31.2 Å². The van der Waals surface area contributed by atoms with Crippen LogP contribution in [0, 0.1) is 6.92 Å². The summed E-state index contributed by atoms with van der Waals surface area (Å²) in [4.78, 5) is 8.98.